The number of carbonyl (C=O) groups is 1. The van der Waals surface area contributed by atoms with Crippen molar-refractivity contribution in [1.29, 1.82) is 0 Å². The molecule has 23 heavy (non-hydrogen) atoms. The van der Waals surface area contributed by atoms with Crippen molar-refractivity contribution in [3.63, 3.8) is 0 Å². The maximum Gasteiger partial charge on any atom is 0.248 e. The first kappa shape index (κ1) is 16.6. The SMILES string of the molecule is CCCCOc1ccc(/C=C/C(=O)Nc2ccc(O)cc2)cc1. The Bertz CT molecular complexity index is 645. The van der Waals surface area contributed by atoms with Gasteiger partial charge in [0.05, 0.1) is 6.61 Å². The smallest absolute Gasteiger partial charge is 0.248 e. The molecule has 2 rings (SSSR count). The Morgan fingerprint density at radius 1 is 1.13 bits per heavy atom. The van der Waals surface area contributed by atoms with E-state index in [4.69, 9.17) is 4.74 Å². The summed E-state index contributed by atoms with van der Waals surface area (Å²) >= 11 is 0. The fourth-order valence-corrected chi connectivity index (χ4v) is 1.91. The van der Waals surface area contributed by atoms with Gasteiger partial charge < -0.3 is 15.2 Å². The predicted molar refractivity (Wildman–Crippen MR) is 92.6 cm³/mol. The van der Waals surface area contributed by atoms with Crippen molar-refractivity contribution in [2.45, 2.75) is 19.8 Å². The molecule has 2 aromatic carbocycles. The number of unbranched alkanes of at least 4 members (excludes halogenated alkanes) is 1. The average Bonchev–Trinajstić information content (AvgIpc) is 2.56. The van der Waals surface area contributed by atoms with Crippen LogP contribution in [0, 0.1) is 0 Å². The van der Waals surface area contributed by atoms with Gasteiger partial charge in [-0.2, -0.15) is 0 Å². The van der Waals surface area contributed by atoms with Crippen LogP contribution in [0.15, 0.2) is 54.6 Å². The molecule has 0 atom stereocenters. The van der Waals surface area contributed by atoms with E-state index in [1.165, 1.54) is 18.2 Å². The first-order valence-electron chi connectivity index (χ1n) is 7.68. The predicted octanol–water partition coefficient (Wildman–Crippen LogP) is 4.22. The van der Waals surface area contributed by atoms with Crippen molar-refractivity contribution in [3.8, 4) is 11.5 Å². The molecule has 2 N–H and O–H groups in total. The van der Waals surface area contributed by atoms with E-state index in [0.717, 1.165) is 30.8 Å². The third-order valence-corrected chi connectivity index (χ3v) is 3.21. The Kier molecular flexibility index (Phi) is 6.24. The van der Waals surface area contributed by atoms with E-state index in [1.54, 1.807) is 18.2 Å². The summed E-state index contributed by atoms with van der Waals surface area (Å²) in [5.74, 6) is 0.780. The van der Waals surface area contributed by atoms with E-state index in [1.807, 2.05) is 24.3 Å². The van der Waals surface area contributed by atoms with E-state index in [2.05, 4.69) is 12.2 Å². The lowest BCUT2D eigenvalue weighted by molar-refractivity contribution is -0.111. The van der Waals surface area contributed by atoms with E-state index >= 15 is 0 Å². The number of rotatable bonds is 7. The summed E-state index contributed by atoms with van der Waals surface area (Å²) in [5, 5.41) is 11.9. The second kappa shape index (κ2) is 8.63. The third kappa shape index (κ3) is 5.87. The number of phenols is 1. The number of phenolic OH excluding ortho intramolecular Hbond substituents is 1. The van der Waals surface area contributed by atoms with Crippen LogP contribution >= 0.6 is 0 Å². The highest BCUT2D eigenvalue weighted by Crippen LogP contribution is 2.15. The number of aromatic hydroxyl groups is 1. The molecule has 0 fully saturated rings. The topological polar surface area (TPSA) is 58.6 Å². The molecule has 4 nitrogen and oxygen atoms in total. The maximum atomic E-state index is 11.8. The summed E-state index contributed by atoms with van der Waals surface area (Å²) in [5.41, 5.74) is 1.56. The number of benzene rings is 2. The molecule has 0 spiro atoms. The van der Waals surface area contributed by atoms with E-state index < -0.39 is 0 Å². The van der Waals surface area contributed by atoms with Crippen LogP contribution in [-0.2, 0) is 4.79 Å². The van der Waals surface area contributed by atoms with E-state index in [0.29, 0.717) is 5.69 Å². The molecule has 120 valence electrons. The summed E-state index contributed by atoms with van der Waals surface area (Å²) in [6.45, 7) is 2.85. The van der Waals surface area contributed by atoms with Crippen molar-refractivity contribution >= 4 is 17.7 Å². The number of nitrogens with one attached hydrogen (secondary N) is 1. The fourth-order valence-electron chi connectivity index (χ4n) is 1.91. The van der Waals surface area contributed by atoms with E-state index in [-0.39, 0.29) is 11.7 Å². The van der Waals surface area contributed by atoms with Crippen molar-refractivity contribution in [2.24, 2.45) is 0 Å². The number of hydrogen-bond donors (Lipinski definition) is 2. The van der Waals surface area contributed by atoms with Gasteiger partial charge in [0, 0.05) is 11.8 Å². The van der Waals surface area contributed by atoms with Gasteiger partial charge >= 0.3 is 0 Å². The minimum Gasteiger partial charge on any atom is -0.508 e. The Balaban J connectivity index is 1.86. The molecule has 0 radical (unpaired) electrons. The molecular weight excluding hydrogens is 290 g/mol. The molecule has 0 saturated carbocycles. The molecule has 2 aromatic rings. The normalized spacial score (nSPS) is 10.7. The van der Waals surface area contributed by atoms with Gasteiger partial charge in [-0.25, -0.2) is 0 Å². The highest BCUT2D eigenvalue weighted by molar-refractivity contribution is 6.01. The lowest BCUT2D eigenvalue weighted by Crippen LogP contribution is -2.07. The summed E-state index contributed by atoms with van der Waals surface area (Å²) < 4.78 is 5.59. The number of ether oxygens (including phenoxy) is 1. The highest BCUT2D eigenvalue weighted by Gasteiger charge is 1.98. The number of amides is 1. The summed E-state index contributed by atoms with van der Waals surface area (Å²) in [6.07, 6.45) is 5.36. The molecule has 0 saturated heterocycles. The average molecular weight is 311 g/mol. The Morgan fingerprint density at radius 3 is 2.48 bits per heavy atom. The van der Waals surface area contributed by atoms with Crippen LogP contribution in [0.25, 0.3) is 6.08 Å². The zero-order valence-corrected chi connectivity index (χ0v) is 13.2. The lowest BCUT2D eigenvalue weighted by Gasteiger charge is -2.05. The maximum absolute atomic E-state index is 11.8. The molecule has 0 aliphatic carbocycles. The van der Waals surface area contributed by atoms with Crippen molar-refractivity contribution in [2.75, 3.05) is 11.9 Å². The highest BCUT2D eigenvalue weighted by atomic mass is 16.5. The largest absolute Gasteiger partial charge is 0.508 e. The summed E-state index contributed by atoms with van der Waals surface area (Å²) in [4.78, 5) is 11.8. The minimum absolute atomic E-state index is 0.166. The molecule has 0 bridgehead atoms. The first-order chi connectivity index (χ1) is 11.2. The van der Waals surface area contributed by atoms with Gasteiger partial charge in [-0.1, -0.05) is 25.5 Å². The molecular formula is C19H21NO3. The Morgan fingerprint density at radius 2 is 1.83 bits per heavy atom. The van der Waals surface area contributed by atoms with Gasteiger partial charge in [-0.3, -0.25) is 4.79 Å². The molecule has 0 heterocycles. The molecule has 0 aliphatic rings. The molecule has 0 aliphatic heterocycles. The van der Waals surface area contributed by atoms with Crippen molar-refractivity contribution < 1.29 is 14.6 Å². The Labute approximate surface area is 136 Å². The number of carbonyl (C=O) groups excluding carboxylic acids is 1. The van der Waals surface area contributed by atoms with Gasteiger partial charge in [0.1, 0.15) is 11.5 Å². The first-order valence-corrected chi connectivity index (χ1v) is 7.68. The van der Waals surface area contributed by atoms with Crippen molar-refractivity contribution in [1.82, 2.24) is 0 Å². The van der Waals surface area contributed by atoms with Gasteiger partial charge in [-0.05, 0) is 54.5 Å². The standard InChI is InChI=1S/C19H21NO3/c1-2-3-14-23-18-11-4-15(5-12-18)6-13-19(22)20-16-7-9-17(21)10-8-16/h4-13,21H,2-3,14H2,1H3,(H,20,22)/b13-6+. The van der Waals surface area contributed by atoms with Gasteiger partial charge in [0.25, 0.3) is 0 Å². The number of anilines is 1. The summed E-state index contributed by atoms with van der Waals surface area (Å²) in [7, 11) is 0. The zero-order chi connectivity index (χ0) is 16.5. The fraction of sp³-hybridized carbons (Fsp3) is 0.211. The van der Waals surface area contributed by atoms with Gasteiger partial charge in [-0.15, -0.1) is 0 Å². The third-order valence-electron chi connectivity index (χ3n) is 3.21. The van der Waals surface area contributed by atoms with Crippen LogP contribution < -0.4 is 10.1 Å². The summed E-state index contributed by atoms with van der Waals surface area (Å²) in [6, 6.07) is 13.9. The van der Waals surface area contributed by atoms with Crippen LogP contribution in [0.1, 0.15) is 25.3 Å². The van der Waals surface area contributed by atoms with E-state index in [9.17, 15) is 9.90 Å². The second-order valence-corrected chi connectivity index (χ2v) is 5.14. The molecule has 4 heteroatoms. The lowest BCUT2D eigenvalue weighted by atomic mass is 10.2. The van der Waals surface area contributed by atoms with Crippen molar-refractivity contribution in [3.05, 3.63) is 60.2 Å². The van der Waals surface area contributed by atoms with Gasteiger partial charge in [0.2, 0.25) is 5.91 Å². The van der Waals surface area contributed by atoms with Crippen LogP contribution in [-0.4, -0.2) is 17.6 Å². The molecule has 0 aromatic heterocycles. The van der Waals surface area contributed by atoms with Crippen LogP contribution in [0.2, 0.25) is 0 Å². The van der Waals surface area contributed by atoms with Crippen LogP contribution in [0.5, 0.6) is 11.5 Å². The molecule has 1 amide bonds. The molecule has 0 unspecified atom stereocenters. The quantitative estimate of drug-likeness (QED) is 0.457. The van der Waals surface area contributed by atoms with Crippen LogP contribution in [0.3, 0.4) is 0 Å². The zero-order valence-electron chi connectivity index (χ0n) is 13.2. The van der Waals surface area contributed by atoms with Gasteiger partial charge in [0.15, 0.2) is 0 Å². The Hall–Kier alpha value is -2.75. The second-order valence-electron chi connectivity index (χ2n) is 5.14. The number of hydrogen-bond acceptors (Lipinski definition) is 3. The van der Waals surface area contributed by atoms with Crippen LogP contribution in [0.4, 0.5) is 5.69 Å². The minimum atomic E-state index is -0.223. The monoisotopic (exact) mass is 311 g/mol.